The zero-order valence-electron chi connectivity index (χ0n) is 55.9. The number of aromatic nitrogens is 4. The largest absolute Gasteiger partial charge is 0.309 e. The van der Waals surface area contributed by atoms with Gasteiger partial charge in [0.15, 0.2) is 8.07 Å². The molecule has 0 saturated carbocycles. The second-order valence-corrected chi connectivity index (χ2v) is 30.9. The van der Waals surface area contributed by atoms with Gasteiger partial charge in [-0.3, -0.25) is 0 Å². The average Bonchev–Trinajstić information content (AvgIpc) is 0.872. The van der Waals surface area contributed by atoms with Crippen LogP contribution >= 0.6 is 0 Å². The van der Waals surface area contributed by atoms with Gasteiger partial charge in [-0.15, -0.1) is 0 Å². The molecule has 0 aliphatic carbocycles. The predicted octanol–water partition coefficient (Wildman–Crippen LogP) is 21.5. The van der Waals surface area contributed by atoms with Gasteiger partial charge >= 0.3 is 0 Å². The first kappa shape index (κ1) is 59.0. The van der Waals surface area contributed by atoms with E-state index >= 15 is 0 Å². The molecule has 20 rings (SSSR count). The van der Waals surface area contributed by atoms with Crippen LogP contribution in [0.3, 0.4) is 0 Å². The summed E-state index contributed by atoms with van der Waals surface area (Å²) in [6.07, 6.45) is 0. The number of benzene rings is 16. The summed E-state index contributed by atoms with van der Waals surface area (Å²) < 4.78 is 9.69. The van der Waals surface area contributed by atoms with Gasteiger partial charge in [-0.1, -0.05) is 303 Å². The van der Waals surface area contributed by atoms with E-state index in [0.29, 0.717) is 0 Å². The van der Waals surface area contributed by atoms with Crippen LogP contribution in [0.15, 0.2) is 400 Å². The highest BCUT2D eigenvalue weighted by molar-refractivity contribution is 7.19. The molecule has 0 aliphatic rings. The Bertz CT molecular complexity index is 5630. The van der Waals surface area contributed by atoms with Crippen LogP contribution in [0.25, 0.3) is 121 Å². The summed E-state index contributed by atoms with van der Waals surface area (Å²) in [5.74, 6) is 0. The van der Waals surface area contributed by atoms with Crippen molar-refractivity contribution in [2.75, 3.05) is 0 Å². The van der Waals surface area contributed by atoms with E-state index in [-0.39, 0.29) is 0 Å². The number of fused-ring (bicyclic) bond motifs is 12. The Kier molecular flexibility index (Phi) is 13.8. The number of rotatable bonds is 13. The van der Waals surface area contributed by atoms with Gasteiger partial charge in [-0.25, -0.2) is 0 Å². The molecule has 4 nitrogen and oxygen atoms in total. The van der Waals surface area contributed by atoms with Crippen molar-refractivity contribution < 1.29 is 0 Å². The van der Waals surface area contributed by atoms with E-state index < -0.39 is 13.5 Å². The number of hydrogen-bond acceptors (Lipinski definition) is 0. The lowest BCUT2D eigenvalue weighted by atomic mass is 9.65. The van der Waals surface area contributed by atoms with Crippen molar-refractivity contribution in [2.45, 2.75) is 5.41 Å². The van der Waals surface area contributed by atoms with Crippen molar-refractivity contribution in [2.24, 2.45) is 0 Å². The smallest absolute Gasteiger partial charge is 0.179 e. The Morgan fingerprint density at radius 2 is 0.343 bits per heavy atom. The topological polar surface area (TPSA) is 19.7 Å². The maximum atomic E-state index is 2.44. The molecule has 0 amide bonds. The van der Waals surface area contributed by atoms with Gasteiger partial charge in [-0.2, -0.15) is 0 Å². The summed E-state index contributed by atoms with van der Waals surface area (Å²) >= 11 is 0. The molecule has 0 atom stereocenters. The minimum atomic E-state index is -3.12. The highest BCUT2D eigenvalue weighted by Gasteiger charge is 2.42. The van der Waals surface area contributed by atoms with E-state index in [1.165, 1.54) is 130 Å². The highest BCUT2D eigenvalue weighted by Crippen LogP contribution is 2.47. The van der Waals surface area contributed by atoms with E-state index in [2.05, 4.69) is 419 Å². The Morgan fingerprint density at radius 1 is 0.157 bits per heavy atom. The molecular formula is C97H66N4Si. The highest BCUT2D eigenvalue weighted by atomic mass is 28.3. The van der Waals surface area contributed by atoms with Crippen LogP contribution in [-0.2, 0) is 5.41 Å². The van der Waals surface area contributed by atoms with Gasteiger partial charge in [0.2, 0.25) is 0 Å². The molecule has 0 N–H and O–H groups in total. The zero-order valence-corrected chi connectivity index (χ0v) is 56.9. The number of hydrogen-bond donors (Lipinski definition) is 0. The lowest BCUT2D eigenvalue weighted by molar-refractivity contribution is 0.744. The van der Waals surface area contributed by atoms with Crippen LogP contribution in [0.1, 0.15) is 22.3 Å². The average molecular weight is 1320 g/mol. The Hall–Kier alpha value is -13.1. The van der Waals surface area contributed by atoms with Crippen LogP contribution in [0.4, 0.5) is 0 Å². The summed E-state index contributed by atoms with van der Waals surface area (Å²) in [6.45, 7) is 0. The molecule has 20 aromatic rings. The monoisotopic (exact) mass is 1310 g/mol. The number of para-hydroxylation sites is 8. The third-order valence-corrected chi connectivity index (χ3v) is 26.7. The second-order valence-electron chi connectivity index (χ2n) is 27.1. The lowest BCUT2D eigenvalue weighted by Gasteiger charge is -2.37. The van der Waals surface area contributed by atoms with E-state index in [4.69, 9.17) is 0 Å². The third kappa shape index (κ3) is 9.01. The minimum Gasteiger partial charge on any atom is -0.309 e. The summed E-state index contributed by atoms with van der Waals surface area (Å²) in [5.41, 5.74) is 20.3. The van der Waals surface area contributed by atoms with Gasteiger partial charge in [0.05, 0.1) is 49.5 Å². The van der Waals surface area contributed by atoms with Crippen LogP contribution in [-0.4, -0.2) is 26.3 Å². The van der Waals surface area contributed by atoms with Crippen LogP contribution < -0.4 is 20.7 Å². The second kappa shape index (κ2) is 23.8. The fourth-order valence-corrected chi connectivity index (χ4v) is 22.1. The Morgan fingerprint density at radius 3 is 0.618 bits per heavy atom. The first-order chi connectivity index (χ1) is 50.6. The van der Waals surface area contributed by atoms with E-state index in [1.807, 2.05) is 0 Å². The maximum Gasteiger partial charge on any atom is 0.179 e. The summed E-state index contributed by atoms with van der Waals surface area (Å²) in [4.78, 5) is 0. The molecule has 0 radical (unpaired) electrons. The Labute approximate surface area is 592 Å². The van der Waals surface area contributed by atoms with E-state index in [0.717, 1.165) is 33.9 Å². The normalized spacial score (nSPS) is 12.1. The molecule has 5 heteroatoms. The molecule has 4 heterocycles. The van der Waals surface area contributed by atoms with Gasteiger partial charge in [0.25, 0.3) is 0 Å². The van der Waals surface area contributed by atoms with E-state index in [1.54, 1.807) is 0 Å². The van der Waals surface area contributed by atoms with Gasteiger partial charge < -0.3 is 18.3 Å². The summed E-state index contributed by atoms with van der Waals surface area (Å²) in [5, 5.41) is 15.2. The molecule has 0 saturated heterocycles. The molecule has 0 aliphatic heterocycles. The van der Waals surface area contributed by atoms with Crippen molar-refractivity contribution >= 4 is 116 Å². The van der Waals surface area contributed by atoms with Gasteiger partial charge in [0.1, 0.15) is 0 Å². The molecule has 16 aromatic carbocycles. The van der Waals surface area contributed by atoms with Crippen molar-refractivity contribution in [3.05, 3.63) is 423 Å². The van der Waals surface area contributed by atoms with Gasteiger partial charge in [0, 0.05) is 65.8 Å². The van der Waals surface area contributed by atoms with Crippen molar-refractivity contribution in [3.63, 3.8) is 0 Å². The molecule has 0 spiro atoms. The summed E-state index contributed by atoms with van der Waals surface area (Å²) in [6, 6.07) is 150. The van der Waals surface area contributed by atoms with Crippen LogP contribution in [0.2, 0.25) is 0 Å². The van der Waals surface area contributed by atoms with Crippen LogP contribution in [0.5, 0.6) is 0 Å². The molecule has 0 unspecified atom stereocenters. The van der Waals surface area contributed by atoms with Gasteiger partial charge in [-0.05, 0) is 151 Å². The third-order valence-electron chi connectivity index (χ3n) is 21.9. The molecule has 4 aromatic heterocycles. The molecule has 102 heavy (non-hydrogen) atoms. The fourth-order valence-electron chi connectivity index (χ4n) is 17.4. The first-order valence-electron chi connectivity index (χ1n) is 35.3. The lowest BCUT2D eigenvalue weighted by Crippen LogP contribution is -2.74. The Balaban J connectivity index is 0.740. The maximum absolute atomic E-state index is 3.12. The molecule has 0 fully saturated rings. The minimum absolute atomic E-state index is 0.739. The van der Waals surface area contributed by atoms with Crippen LogP contribution in [0, 0.1) is 0 Å². The molecule has 478 valence electrons. The molecular weight excluding hydrogens is 1250 g/mol. The standard InChI is InChI=1S/C97H66N4Si/c1-3-23-69(24-4-1)97(71-49-53-73(54-50-71)98-89-35-15-7-27-81(89)82-28-8-16-36-90(82)98,72-51-55-74(56-52-72)99-91-37-17-9-29-83(91)84-30-10-18-38-92(84)99)70-47-43-67(44-48-70)68-45-61-78(62-46-68)102(77-25-5-2-6-26-77,79-63-57-75(58-64-79)100-93-39-19-11-31-85(93)86-32-12-20-40-94(86)100)80-65-59-76(60-66-80)101-95-41-21-13-33-87(95)88-34-14-22-42-96(88)101/h1-66H. The molecule has 0 bridgehead atoms. The first-order valence-corrected chi connectivity index (χ1v) is 37.3. The number of nitrogens with zero attached hydrogens (tertiary/aromatic N) is 4. The quantitative estimate of drug-likeness (QED) is 0.0810. The SMILES string of the molecule is c1ccc(C(c2ccc(-c3ccc([Si](c4ccccc4)(c4ccc(-n5c6ccccc6c6ccccc65)cc4)c4ccc(-n5c6ccccc6c6ccccc65)cc4)cc3)cc2)(c2ccc(-n3c4ccccc4c4ccccc43)cc2)c2ccc(-n3c4ccccc4c4ccccc43)cc2)cc1. The van der Waals surface area contributed by atoms with E-state index in [9.17, 15) is 0 Å². The van der Waals surface area contributed by atoms with Crippen molar-refractivity contribution in [3.8, 4) is 33.9 Å². The van der Waals surface area contributed by atoms with Crippen molar-refractivity contribution in [1.29, 1.82) is 0 Å². The fraction of sp³-hybridized carbons (Fsp3) is 0.0103. The zero-order chi connectivity index (χ0) is 67.3. The summed E-state index contributed by atoms with van der Waals surface area (Å²) in [7, 11) is -3.12. The predicted molar refractivity (Wildman–Crippen MR) is 431 cm³/mol. The van der Waals surface area contributed by atoms with Crippen molar-refractivity contribution in [1.82, 2.24) is 18.3 Å².